The first-order chi connectivity index (χ1) is 9.69. The number of halogens is 1. The van der Waals surface area contributed by atoms with Crippen LogP contribution in [0.25, 0.3) is 16.7 Å². The zero-order chi connectivity index (χ0) is 14.1. The van der Waals surface area contributed by atoms with E-state index in [9.17, 15) is 0 Å². The van der Waals surface area contributed by atoms with Gasteiger partial charge in [-0.3, -0.25) is 0 Å². The number of aromatic nitrogens is 4. The Morgan fingerprint density at radius 2 is 2.25 bits per heavy atom. The Morgan fingerprint density at radius 1 is 1.40 bits per heavy atom. The van der Waals surface area contributed by atoms with Gasteiger partial charge in [-0.25, -0.2) is 9.97 Å². The van der Waals surface area contributed by atoms with Crippen LogP contribution in [0, 0.1) is 0 Å². The maximum absolute atomic E-state index is 5.67. The molecule has 0 saturated carbocycles. The van der Waals surface area contributed by atoms with E-state index >= 15 is 0 Å². The molecule has 0 spiro atoms. The van der Waals surface area contributed by atoms with Crippen LogP contribution in [-0.2, 0) is 6.54 Å². The van der Waals surface area contributed by atoms with Crippen molar-refractivity contribution in [2.45, 2.75) is 6.54 Å². The number of nitrogens with zero attached hydrogens (tertiary/aromatic N) is 4. The predicted octanol–water partition coefficient (Wildman–Crippen LogP) is 1.88. The number of nitrogens with one attached hydrogen (secondary N) is 1. The largest absolute Gasteiger partial charge is 0.368 e. The molecule has 0 bridgehead atoms. The molecule has 0 fully saturated rings. The van der Waals surface area contributed by atoms with E-state index in [2.05, 4.69) is 36.2 Å². The second-order valence-electron chi connectivity index (χ2n) is 4.35. The van der Waals surface area contributed by atoms with Gasteiger partial charge in [0.1, 0.15) is 10.4 Å². The normalized spacial score (nSPS) is 11.1. The van der Waals surface area contributed by atoms with Gasteiger partial charge in [-0.05, 0) is 40.7 Å². The molecule has 6 nitrogen and oxygen atoms in total. The van der Waals surface area contributed by atoms with E-state index in [-0.39, 0.29) is 5.95 Å². The van der Waals surface area contributed by atoms with Crippen molar-refractivity contribution in [3.63, 3.8) is 0 Å². The molecule has 0 radical (unpaired) electrons. The maximum atomic E-state index is 5.67. The number of pyridine rings is 1. The smallest absolute Gasteiger partial charge is 0.221 e. The molecule has 0 aliphatic heterocycles. The van der Waals surface area contributed by atoms with Gasteiger partial charge in [0, 0.05) is 30.5 Å². The topological polar surface area (TPSA) is 81.7 Å². The molecule has 0 saturated heterocycles. The van der Waals surface area contributed by atoms with Crippen molar-refractivity contribution >= 4 is 32.8 Å². The lowest BCUT2D eigenvalue weighted by atomic mass is 10.2. The Balaban J connectivity index is 2.26. The molecule has 0 unspecified atom stereocenters. The highest BCUT2D eigenvalue weighted by Gasteiger charge is 2.11. The lowest BCUT2D eigenvalue weighted by Gasteiger charge is -2.04. The van der Waals surface area contributed by atoms with E-state index in [0.717, 1.165) is 33.4 Å². The van der Waals surface area contributed by atoms with Crippen molar-refractivity contribution in [1.82, 2.24) is 24.8 Å². The predicted molar refractivity (Wildman–Crippen MR) is 81.5 cm³/mol. The summed E-state index contributed by atoms with van der Waals surface area (Å²) in [7, 11) is 1.91. The summed E-state index contributed by atoms with van der Waals surface area (Å²) < 4.78 is 2.77. The minimum atomic E-state index is 0.257. The summed E-state index contributed by atoms with van der Waals surface area (Å²) in [5.74, 6) is 0.996. The van der Waals surface area contributed by atoms with Crippen molar-refractivity contribution in [3.8, 4) is 5.82 Å². The molecule has 0 amide bonds. The SMILES string of the molecule is CNCc1cn(-c2ccnc(N)n2)c2cc(Br)ncc12. The van der Waals surface area contributed by atoms with E-state index in [0.29, 0.717) is 0 Å². The minimum Gasteiger partial charge on any atom is -0.368 e. The fourth-order valence-electron chi connectivity index (χ4n) is 2.18. The van der Waals surface area contributed by atoms with E-state index in [1.54, 1.807) is 6.20 Å². The fourth-order valence-corrected chi connectivity index (χ4v) is 2.50. The Kier molecular flexibility index (Phi) is 3.37. The monoisotopic (exact) mass is 332 g/mol. The van der Waals surface area contributed by atoms with E-state index in [4.69, 9.17) is 5.73 Å². The number of nitrogen functional groups attached to an aromatic ring is 1. The number of hydrogen-bond acceptors (Lipinski definition) is 5. The van der Waals surface area contributed by atoms with Crippen molar-refractivity contribution in [1.29, 1.82) is 0 Å². The summed E-state index contributed by atoms with van der Waals surface area (Å²) in [5.41, 5.74) is 7.84. The van der Waals surface area contributed by atoms with E-state index in [1.165, 1.54) is 0 Å². The zero-order valence-corrected chi connectivity index (χ0v) is 12.4. The van der Waals surface area contributed by atoms with Crippen molar-refractivity contribution < 1.29 is 0 Å². The number of hydrogen-bond donors (Lipinski definition) is 2. The highest BCUT2D eigenvalue weighted by molar-refractivity contribution is 9.10. The van der Waals surface area contributed by atoms with Crippen molar-refractivity contribution in [2.75, 3.05) is 12.8 Å². The van der Waals surface area contributed by atoms with Crippen LogP contribution in [0.1, 0.15) is 5.56 Å². The van der Waals surface area contributed by atoms with Gasteiger partial charge in [0.2, 0.25) is 5.95 Å². The van der Waals surface area contributed by atoms with Gasteiger partial charge < -0.3 is 15.6 Å². The fraction of sp³-hybridized carbons (Fsp3) is 0.154. The summed E-state index contributed by atoms with van der Waals surface area (Å²) >= 11 is 3.40. The third kappa shape index (κ3) is 2.25. The first kappa shape index (κ1) is 13.0. The second-order valence-corrected chi connectivity index (χ2v) is 5.16. The Morgan fingerprint density at radius 3 is 3.00 bits per heavy atom. The number of nitrogens with two attached hydrogens (primary N) is 1. The Hall–Kier alpha value is -1.99. The van der Waals surface area contributed by atoms with Crippen LogP contribution >= 0.6 is 15.9 Å². The quantitative estimate of drug-likeness (QED) is 0.715. The molecular weight excluding hydrogens is 320 g/mol. The third-order valence-corrected chi connectivity index (χ3v) is 3.45. The summed E-state index contributed by atoms with van der Waals surface area (Å²) in [5, 5.41) is 4.24. The molecule has 3 N–H and O–H groups in total. The highest BCUT2D eigenvalue weighted by atomic mass is 79.9. The molecule has 3 aromatic heterocycles. The van der Waals surface area contributed by atoms with Gasteiger partial charge in [-0.15, -0.1) is 0 Å². The average Bonchev–Trinajstić information content (AvgIpc) is 2.77. The molecule has 0 aromatic carbocycles. The van der Waals surface area contributed by atoms with Gasteiger partial charge in [-0.2, -0.15) is 4.98 Å². The van der Waals surface area contributed by atoms with Crippen LogP contribution in [-0.4, -0.2) is 26.6 Å². The second kappa shape index (κ2) is 5.18. The van der Waals surface area contributed by atoms with Gasteiger partial charge in [0.15, 0.2) is 0 Å². The van der Waals surface area contributed by atoms with Crippen LogP contribution in [0.4, 0.5) is 5.95 Å². The molecule has 3 heterocycles. The molecular formula is C13H13BrN6. The van der Waals surface area contributed by atoms with Gasteiger partial charge >= 0.3 is 0 Å². The van der Waals surface area contributed by atoms with Crippen LogP contribution < -0.4 is 11.1 Å². The lowest BCUT2D eigenvalue weighted by Crippen LogP contribution is -2.04. The van der Waals surface area contributed by atoms with Crippen LogP contribution in [0.15, 0.2) is 35.3 Å². The van der Waals surface area contributed by atoms with Gasteiger partial charge in [-0.1, -0.05) is 0 Å². The molecule has 0 atom stereocenters. The summed E-state index contributed by atoms with van der Waals surface area (Å²) in [4.78, 5) is 12.5. The highest BCUT2D eigenvalue weighted by Crippen LogP contribution is 2.25. The minimum absolute atomic E-state index is 0.257. The molecule has 0 aliphatic carbocycles. The molecule has 3 rings (SSSR count). The first-order valence-corrected chi connectivity index (χ1v) is 6.87. The summed E-state index contributed by atoms with van der Waals surface area (Å²) in [6, 6.07) is 3.79. The van der Waals surface area contributed by atoms with Crippen LogP contribution in [0.3, 0.4) is 0 Å². The molecule has 20 heavy (non-hydrogen) atoms. The van der Waals surface area contributed by atoms with E-state index < -0.39 is 0 Å². The van der Waals surface area contributed by atoms with E-state index in [1.807, 2.05) is 36.1 Å². The van der Waals surface area contributed by atoms with Crippen molar-refractivity contribution in [3.05, 3.63) is 40.9 Å². The number of fused-ring (bicyclic) bond motifs is 1. The molecule has 7 heteroatoms. The molecule has 102 valence electrons. The first-order valence-electron chi connectivity index (χ1n) is 6.08. The van der Waals surface area contributed by atoms with Gasteiger partial charge in [0.25, 0.3) is 0 Å². The standard InChI is InChI=1S/C13H13BrN6/c1-16-5-8-7-20(12-2-3-17-13(15)19-12)10-4-11(14)18-6-9(8)10/h2-4,6-7,16H,5H2,1H3,(H2,15,17,19). The third-order valence-electron chi connectivity index (χ3n) is 3.01. The Bertz CT molecular complexity index is 767. The van der Waals surface area contributed by atoms with Crippen molar-refractivity contribution in [2.24, 2.45) is 0 Å². The van der Waals surface area contributed by atoms with Crippen LogP contribution in [0.5, 0.6) is 0 Å². The Labute approximate surface area is 124 Å². The number of rotatable bonds is 3. The molecule has 0 aliphatic rings. The lowest BCUT2D eigenvalue weighted by molar-refractivity contribution is 0.819. The van der Waals surface area contributed by atoms with Crippen LogP contribution in [0.2, 0.25) is 0 Å². The maximum Gasteiger partial charge on any atom is 0.221 e. The summed E-state index contributed by atoms with van der Waals surface area (Å²) in [6.07, 6.45) is 5.54. The zero-order valence-electron chi connectivity index (χ0n) is 10.8. The number of anilines is 1. The average molecular weight is 333 g/mol. The van der Waals surface area contributed by atoms with Gasteiger partial charge in [0.05, 0.1) is 5.52 Å². The summed E-state index contributed by atoms with van der Waals surface area (Å²) in [6.45, 7) is 0.757. The molecule has 3 aromatic rings.